The second-order valence-electron chi connectivity index (χ2n) is 4.86. The van der Waals surface area contributed by atoms with Crippen molar-refractivity contribution in [1.82, 2.24) is 4.90 Å². The molecular formula is C14H19ClN2O2S. The number of piperidine rings is 1. The number of rotatable bonds is 3. The number of halogens is 1. The standard InChI is InChI=1S/C14H19ClN2O2S/c1-20-13-11(15)3-2-4-12(13)16-14(19)17-7-5-10(9-18)6-8-17/h2-4,10,18H,5-9H2,1H3,(H,16,19). The van der Waals surface area contributed by atoms with Crippen LogP contribution in [0.5, 0.6) is 0 Å². The van der Waals surface area contributed by atoms with Crippen molar-refractivity contribution in [2.24, 2.45) is 5.92 Å². The van der Waals surface area contributed by atoms with E-state index in [0.717, 1.165) is 23.4 Å². The zero-order valence-corrected chi connectivity index (χ0v) is 13.0. The van der Waals surface area contributed by atoms with Crippen LogP contribution in [-0.4, -0.2) is 42.0 Å². The minimum absolute atomic E-state index is 0.0982. The van der Waals surface area contributed by atoms with E-state index in [1.54, 1.807) is 4.90 Å². The van der Waals surface area contributed by atoms with E-state index in [1.165, 1.54) is 11.8 Å². The molecule has 1 aromatic rings. The number of urea groups is 1. The Labute approximate surface area is 128 Å². The van der Waals surface area contributed by atoms with Crippen molar-refractivity contribution < 1.29 is 9.90 Å². The van der Waals surface area contributed by atoms with Gasteiger partial charge < -0.3 is 15.3 Å². The molecule has 0 aliphatic carbocycles. The van der Waals surface area contributed by atoms with Crippen LogP contribution in [0.25, 0.3) is 0 Å². The van der Waals surface area contributed by atoms with Crippen LogP contribution in [-0.2, 0) is 0 Å². The molecule has 0 radical (unpaired) electrons. The lowest BCUT2D eigenvalue weighted by Gasteiger charge is -2.31. The molecule has 4 nitrogen and oxygen atoms in total. The molecule has 2 amide bonds. The van der Waals surface area contributed by atoms with Crippen molar-refractivity contribution in [3.63, 3.8) is 0 Å². The van der Waals surface area contributed by atoms with Crippen LogP contribution in [0.1, 0.15) is 12.8 Å². The molecule has 1 aliphatic rings. The van der Waals surface area contributed by atoms with Gasteiger partial charge in [-0.25, -0.2) is 4.79 Å². The highest BCUT2D eigenvalue weighted by atomic mass is 35.5. The molecule has 1 aliphatic heterocycles. The highest BCUT2D eigenvalue weighted by molar-refractivity contribution is 7.98. The Morgan fingerprint density at radius 2 is 2.20 bits per heavy atom. The Bertz CT molecular complexity index is 476. The highest BCUT2D eigenvalue weighted by Crippen LogP contribution is 2.32. The van der Waals surface area contributed by atoms with E-state index in [1.807, 2.05) is 24.5 Å². The van der Waals surface area contributed by atoms with E-state index in [2.05, 4.69) is 5.32 Å². The normalized spacial score (nSPS) is 16.2. The number of anilines is 1. The van der Waals surface area contributed by atoms with Crippen LogP contribution in [0.3, 0.4) is 0 Å². The first-order chi connectivity index (χ1) is 9.65. The Kier molecular flexibility index (Phi) is 5.57. The lowest BCUT2D eigenvalue weighted by molar-refractivity contribution is 0.143. The third kappa shape index (κ3) is 3.59. The van der Waals surface area contributed by atoms with Crippen LogP contribution in [0.2, 0.25) is 5.02 Å². The largest absolute Gasteiger partial charge is 0.396 e. The summed E-state index contributed by atoms with van der Waals surface area (Å²) in [6.45, 7) is 1.58. The van der Waals surface area contributed by atoms with Crippen molar-refractivity contribution in [3.05, 3.63) is 23.2 Å². The first kappa shape index (κ1) is 15.5. The van der Waals surface area contributed by atoms with Gasteiger partial charge in [-0.2, -0.15) is 0 Å². The van der Waals surface area contributed by atoms with E-state index >= 15 is 0 Å². The number of aliphatic hydroxyl groups excluding tert-OH is 1. The van der Waals surface area contributed by atoms with Crippen molar-refractivity contribution in [3.8, 4) is 0 Å². The third-order valence-corrected chi connectivity index (χ3v) is 4.85. The zero-order chi connectivity index (χ0) is 14.5. The maximum Gasteiger partial charge on any atom is 0.321 e. The number of benzene rings is 1. The van der Waals surface area contributed by atoms with Crippen LogP contribution in [0.4, 0.5) is 10.5 Å². The second-order valence-corrected chi connectivity index (χ2v) is 6.09. The molecule has 1 aromatic carbocycles. The van der Waals surface area contributed by atoms with Gasteiger partial charge in [-0.05, 0) is 37.1 Å². The number of nitrogens with one attached hydrogen (secondary N) is 1. The van der Waals surface area contributed by atoms with Gasteiger partial charge in [-0.15, -0.1) is 11.8 Å². The SMILES string of the molecule is CSc1c(Cl)cccc1NC(=O)N1CCC(CO)CC1. The third-order valence-electron chi connectivity index (χ3n) is 3.57. The fourth-order valence-electron chi connectivity index (χ4n) is 2.33. The number of carbonyl (C=O) groups excluding carboxylic acids is 1. The maximum atomic E-state index is 12.2. The number of hydrogen-bond donors (Lipinski definition) is 2. The van der Waals surface area contributed by atoms with Crippen LogP contribution < -0.4 is 5.32 Å². The smallest absolute Gasteiger partial charge is 0.321 e. The highest BCUT2D eigenvalue weighted by Gasteiger charge is 2.22. The molecule has 1 heterocycles. The molecule has 0 spiro atoms. The van der Waals surface area contributed by atoms with E-state index < -0.39 is 0 Å². The van der Waals surface area contributed by atoms with Gasteiger partial charge in [0.1, 0.15) is 0 Å². The quantitative estimate of drug-likeness (QED) is 0.842. The molecule has 2 rings (SSSR count). The summed E-state index contributed by atoms with van der Waals surface area (Å²) in [7, 11) is 0. The molecule has 0 saturated carbocycles. The van der Waals surface area contributed by atoms with Crippen molar-refractivity contribution in [2.75, 3.05) is 31.3 Å². The molecule has 0 bridgehead atoms. The van der Waals surface area contributed by atoms with Gasteiger partial charge in [-0.1, -0.05) is 17.7 Å². The molecule has 1 saturated heterocycles. The summed E-state index contributed by atoms with van der Waals surface area (Å²) in [6.07, 6.45) is 3.65. The lowest BCUT2D eigenvalue weighted by Crippen LogP contribution is -2.41. The second kappa shape index (κ2) is 7.20. The summed E-state index contributed by atoms with van der Waals surface area (Å²) < 4.78 is 0. The number of likely N-dealkylation sites (tertiary alicyclic amines) is 1. The summed E-state index contributed by atoms with van der Waals surface area (Å²) in [5.74, 6) is 0.326. The predicted octanol–water partition coefficient (Wildman–Crippen LogP) is 3.30. The number of aliphatic hydroxyl groups is 1. The molecule has 0 unspecified atom stereocenters. The van der Waals surface area contributed by atoms with Gasteiger partial charge >= 0.3 is 6.03 Å². The van der Waals surface area contributed by atoms with Crippen molar-refractivity contribution >= 4 is 35.1 Å². The summed E-state index contributed by atoms with van der Waals surface area (Å²) in [5.41, 5.74) is 0.749. The van der Waals surface area contributed by atoms with Crippen LogP contribution in [0.15, 0.2) is 23.1 Å². The van der Waals surface area contributed by atoms with E-state index in [4.69, 9.17) is 16.7 Å². The molecule has 110 valence electrons. The van der Waals surface area contributed by atoms with Gasteiger partial charge in [0, 0.05) is 24.6 Å². The van der Waals surface area contributed by atoms with E-state index in [9.17, 15) is 4.79 Å². The Balaban J connectivity index is 2.00. The number of carbonyl (C=O) groups is 1. The van der Waals surface area contributed by atoms with Crippen molar-refractivity contribution in [1.29, 1.82) is 0 Å². The number of nitrogens with zero attached hydrogens (tertiary/aromatic N) is 1. The van der Waals surface area contributed by atoms with Gasteiger partial charge in [0.15, 0.2) is 0 Å². The Morgan fingerprint density at radius 3 is 2.80 bits per heavy atom. The molecule has 6 heteroatoms. The Morgan fingerprint density at radius 1 is 1.50 bits per heavy atom. The summed E-state index contributed by atoms with van der Waals surface area (Å²) in [6, 6.07) is 5.40. The minimum atomic E-state index is -0.0982. The monoisotopic (exact) mass is 314 g/mol. The lowest BCUT2D eigenvalue weighted by atomic mass is 9.98. The molecule has 0 aromatic heterocycles. The molecule has 20 heavy (non-hydrogen) atoms. The average molecular weight is 315 g/mol. The average Bonchev–Trinajstić information content (AvgIpc) is 2.47. The summed E-state index contributed by atoms with van der Waals surface area (Å²) >= 11 is 7.64. The molecule has 2 N–H and O–H groups in total. The van der Waals surface area contributed by atoms with Crippen molar-refractivity contribution in [2.45, 2.75) is 17.7 Å². The van der Waals surface area contributed by atoms with Gasteiger partial charge in [0.2, 0.25) is 0 Å². The summed E-state index contributed by atoms with van der Waals surface area (Å²) in [5, 5.41) is 12.7. The van der Waals surface area contributed by atoms with Gasteiger partial charge in [0.25, 0.3) is 0 Å². The van der Waals surface area contributed by atoms with E-state index in [0.29, 0.717) is 24.0 Å². The zero-order valence-electron chi connectivity index (χ0n) is 11.4. The van der Waals surface area contributed by atoms with Crippen LogP contribution >= 0.6 is 23.4 Å². The number of amides is 2. The predicted molar refractivity (Wildman–Crippen MR) is 83.6 cm³/mol. The first-order valence-corrected chi connectivity index (χ1v) is 8.25. The van der Waals surface area contributed by atoms with E-state index in [-0.39, 0.29) is 12.6 Å². The van der Waals surface area contributed by atoms with Gasteiger partial charge in [0.05, 0.1) is 10.7 Å². The minimum Gasteiger partial charge on any atom is -0.396 e. The maximum absolute atomic E-state index is 12.2. The van der Waals surface area contributed by atoms with Gasteiger partial charge in [-0.3, -0.25) is 0 Å². The fraction of sp³-hybridized carbons (Fsp3) is 0.500. The van der Waals surface area contributed by atoms with Crippen LogP contribution in [0, 0.1) is 5.92 Å². The topological polar surface area (TPSA) is 52.6 Å². The molecular weight excluding hydrogens is 296 g/mol. The fourth-order valence-corrected chi connectivity index (χ4v) is 3.34. The first-order valence-electron chi connectivity index (χ1n) is 6.65. The molecule has 0 atom stereocenters. The Hall–Kier alpha value is -0.910. The summed E-state index contributed by atoms with van der Waals surface area (Å²) in [4.78, 5) is 14.9. The number of hydrogen-bond acceptors (Lipinski definition) is 3. The molecule has 1 fully saturated rings. The number of thioether (sulfide) groups is 1.